The van der Waals surface area contributed by atoms with Crippen molar-refractivity contribution in [1.82, 2.24) is 9.80 Å². The van der Waals surface area contributed by atoms with Crippen molar-refractivity contribution in [3.63, 3.8) is 0 Å². The fourth-order valence-corrected chi connectivity index (χ4v) is 5.39. The highest BCUT2D eigenvalue weighted by Gasteiger charge is 2.37. The van der Waals surface area contributed by atoms with Gasteiger partial charge in [0.1, 0.15) is 13.2 Å². The maximum absolute atomic E-state index is 12.9. The summed E-state index contributed by atoms with van der Waals surface area (Å²) in [5, 5.41) is 0.193. The number of hydrogen-bond donors (Lipinski definition) is 0. The number of nitrogens with zero attached hydrogens (tertiary/aromatic N) is 2. The lowest BCUT2D eigenvalue weighted by molar-refractivity contribution is -0.139. The van der Waals surface area contributed by atoms with Crippen LogP contribution in [0.4, 0.5) is 4.79 Å². The summed E-state index contributed by atoms with van der Waals surface area (Å²) in [6.07, 6.45) is 1.64. The van der Waals surface area contributed by atoms with Gasteiger partial charge in [-0.2, -0.15) is 0 Å². The Bertz CT molecular complexity index is 1180. The van der Waals surface area contributed by atoms with Crippen LogP contribution in [-0.2, 0) is 20.9 Å². The number of amides is 3. The van der Waals surface area contributed by atoms with Crippen molar-refractivity contribution in [2.45, 2.75) is 13.5 Å². The highest BCUT2D eigenvalue weighted by atomic mass is 127. The van der Waals surface area contributed by atoms with Crippen LogP contribution < -0.4 is 9.47 Å². The average Bonchev–Trinajstić information content (AvgIpc) is 3.12. The van der Waals surface area contributed by atoms with Gasteiger partial charge in [0.2, 0.25) is 5.91 Å². The van der Waals surface area contributed by atoms with Gasteiger partial charge in [0.05, 0.1) is 28.3 Å². The van der Waals surface area contributed by atoms with Gasteiger partial charge in [-0.3, -0.25) is 19.3 Å². The maximum atomic E-state index is 12.9. The number of rotatable bonds is 8. The molecule has 190 valence electrons. The quantitative estimate of drug-likeness (QED) is 0.302. The zero-order chi connectivity index (χ0) is 25.7. The molecule has 2 aliphatic heterocycles. The first-order valence-electron chi connectivity index (χ1n) is 11.3. The van der Waals surface area contributed by atoms with Crippen LogP contribution in [0.15, 0.2) is 41.3 Å². The first-order chi connectivity index (χ1) is 17.4. The van der Waals surface area contributed by atoms with E-state index in [1.165, 1.54) is 0 Å². The smallest absolute Gasteiger partial charge is 0.294 e. The Morgan fingerprint density at radius 2 is 1.89 bits per heavy atom. The van der Waals surface area contributed by atoms with Gasteiger partial charge in [-0.1, -0.05) is 23.7 Å². The minimum Gasteiger partial charge on any atom is -0.490 e. The van der Waals surface area contributed by atoms with Crippen LogP contribution in [0.1, 0.15) is 18.1 Å². The molecule has 2 aromatic rings. The number of hydrogen-bond acceptors (Lipinski definition) is 7. The van der Waals surface area contributed by atoms with Gasteiger partial charge < -0.3 is 19.1 Å². The van der Waals surface area contributed by atoms with Crippen LogP contribution in [0.25, 0.3) is 6.08 Å². The van der Waals surface area contributed by atoms with Gasteiger partial charge in [-0.25, -0.2) is 0 Å². The fourth-order valence-electron chi connectivity index (χ4n) is 3.65. The molecular weight excluding hydrogens is 619 g/mol. The summed E-state index contributed by atoms with van der Waals surface area (Å²) >= 11 is 8.93. The Morgan fingerprint density at radius 3 is 2.58 bits per heavy atom. The van der Waals surface area contributed by atoms with E-state index in [9.17, 15) is 14.4 Å². The molecule has 0 unspecified atom stereocenters. The first kappa shape index (κ1) is 26.8. The monoisotopic (exact) mass is 642 g/mol. The van der Waals surface area contributed by atoms with Gasteiger partial charge >= 0.3 is 0 Å². The predicted octanol–water partition coefficient (Wildman–Crippen LogP) is 4.82. The summed E-state index contributed by atoms with van der Waals surface area (Å²) in [4.78, 5) is 40.8. The number of ether oxygens (including phenoxy) is 3. The van der Waals surface area contributed by atoms with E-state index in [1.807, 2.05) is 25.1 Å². The third kappa shape index (κ3) is 6.53. The third-order valence-electron chi connectivity index (χ3n) is 5.46. The van der Waals surface area contributed by atoms with E-state index in [1.54, 1.807) is 29.2 Å². The van der Waals surface area contributed by atoms with E-state index < -0.39 is 11.1 Å². The van der Waals surface area contributed by atoms with E-state index in [0.717, 1.165) is 25.8 Å². The zero-order valence-corrected chi connectivity index (χ0v) is 23.2. The molecule has 3 amide bonds. The number of imide groups is 1. The summed E-state index contributed by atoms with van der Waals surface area (Å²) < 4.78 is 17.9. The summed E-state index contributed by atoms with van der Waals surface area (Å²) in [7, 11) is 0. The minimum atomic E-state index is -0.484. The van der Waals surface area contributed by atoms with Crippen LogP contribution >= 0.6 is 46.0 Å². The first-order valence-corrected chi connectivity index (χ1v) is 13.6. The molecule has 2 heterocycles. The van der Waals surface area contributed by atoms with Gasteiger partial charge in [-0.15, -0.1) is 0 Å². The van der Waals surface area contributed by atoms with E-state index in [4.69, 9.17) is 25.8 Å². The number of thioether (sulfide) groups is 1. The van der Waals surface area contributed by atoms with Crippen molar-refractivity contribution in [1.29, 1.82) is 0 Å². The van der Waals surface area contributed by atoms with Gasteiger partial charge in [0.15, 0.2) is 11.5 Å². The van der Waals surface area contributed by atoms with Gasteiger partial charge in [-0.05, 0) is 82.7 Å². The van der Waals surface area contributed by atoms with Crippen molar-refractivity contribution < 1.29 is 28.6 Å². The van der Waals surface area contributed by atoms with E-state index in [2.05, 4.69) is 22.6 Å². The van der Waals surface area contributed by atoms with Crippen LogP contribution in [0.5, 0.6) is 11.5 Å². The molecule has 0 bridgehead atoms. The molecule has 0 saturated carbocycles. The third-order valence-corrected chi connectivity index (χ3v) is 7.42. The summed E-state index contributed by atoms with van der Waals surface area (Å²) in [5.41, 5.74) is 1.65. The van der Waals surface area contributed by atoms with Crippen molar-refractivity contribution in [3.05, 3.63) is 61.0 Å². The van der Waals surface area contributed by atoms with Crippen molar-refractivity contribution in [2.75, 3.05) is 39.5 Å². The highest BCUT2D eigenvalue weighted by molar-refractivity contribution is 14.1. The van der Waals surface area contributed by atoms with Crippen molar-refractivity contribution >= 4 is 69.1 Å². The van der Waals surface area contributed by atoms with Crippen LogP contribution in [0.3, 0.4) is 0 Å². The summed E-state index contributed by atoms with van der Waals surface area (Å²) in [5.74, 6) is 0.375. The van der Waals surface area contributed by atoms with E-state index in [0.29, 0.717) is 61.6 Å². The van der Waals surface area contributed by atoms with E-state index in [-0.39, 0.29) is 17.4 Å². The zero-order valence-electron chi connectivity index (χ0n) is 19.5. The molecule has 2 saturated heterocycles. The lowest BCUT2D eigenvalue weighted by Gasteiger charge is -2.28. The second-order valence-electron chi connectivity index (χ2n) is 7.94. The molecule has 0 radical (unpaired) electrons. The molecule has 4 rings (SSSR count). The fraction of sp³-hybridized carbons (Fsp3) is 0.320. The SMILES string of the molecule is CCOc1cc(/C=C2/SC(=O)N(CC(=O)N3CCOCC3)C2=O)cc(I)c1OCc1ccc(Cl)cc1. The van der Waals surface area contributed by atoms with Gasteiger partial charge in [0.25, 0.3) is 11.1 Å². The number of morpholine rings is 1. The molecule has 0 N–H and O–H groups in total. The van der Waals surface area contributed by atoms with Crippen LogP contribution in [-0.4, -0.2) is 66.3 Å². The lowest BCUT2D eigenvalue weighted by Crippen LogP contribution is -2.46. The predicted molar refractivity (Wildman–Crippen MR) is 146 cm³/mol. The maximum Gasteiger partial charge on any atom is 0.294 e. The van der Waals surface area contributed by atoms with Gasteiger partial charge in [0, 0.05) is 18.1 Å². The molecule has 0 aliphatic carbocycles. The lowest BCUT2D eigenvalue weighted by atomic mass is 10.1. The number of carbonyl (C=O) groups is 3. The highest BCUT2D eigenvalue weighted by Crippen LogP contribution is 2.38. The molecule has 2 aliphatic rings. The van der Waals surface area contributed by atoms with Crippen LogP contribution in [0.2, 0.25) is 5.02 Å². The molecule has 0 aromatic heterocycles. The molecule has 2 fully saturated rings. The molecule has 0 atom stereocenters. The standard InChI is InChI=1S/C25H24ClIN2O6S/c1-2-34-20-12-17(11-19(27)23(20)35-15-16-3-5-18(26)6-4-16)13-21-24(31)29(25(32)36-21)14-22(30)28-7-9-33-10-8-28/h3-6,11-13H,2,7-10,14-15H2,1H3/b21-13+. The topological polar surface area (TPSA) is 85.4 Å². The Kier molecular flexibility index (Phi) is 9.15. The second kappa shape index (κ2) is 12.3. The number of carbonyl (C=O) groups excluding carboxylic acids is 3. The molecular formula is C25H24ClIN2O6S. The molecule has 36 heavy (non-hydrogen) atoms. The van der Waals surface area contributed by atoms with Crippen molar-refractivity contribution in [2.24, 2.45) is 0 Å². The Balaban J connectivity index is 1.50. The largest absolute Gasteiger partial charge is 0.490 e. The Labute approximate surface area is 232 Å². The van der Waals surface area contributed by atoms with E-state index >= 15 is 0 Å². The number of halogens is 2. The minimum absolute atomic E-state index is 0.253. The van der Waals surface area contributed by atoms with Crippen molar-refractivity contribution in [3.8, 4) is 11.5 Å². The molecule has 8 nitrogen and oxygen atoms in total. The Hall–Kier alpha value is -2.28. The summed E-state index contributed by atoms with van der Waals surface area (Å²) in [6.45, 7) is 4.17. The van der Waals surface area contributed by atoms with Crippen LogP contribution in [0, 0.1) is 3.57 Å². The average molecular weight is 643 g/mol. The molecule has 0 spiro atoms. The summed E-state index contributed by atoms with van der Waals surface area (Å²) in [6, 6.07) is 11.0. The Morgan fingerprint density at radius 1 is 1.17 bits per heavy atom. The number of benzene rings is 2. The molecule has 11 heteroatoms. The normalized spacial score (nSPS) is 17.1. The molecule has 2 aromatic carbocycles. The second-order valence-corrected chi connectivity index (χ2v) is 10.5.